The number of alkyl halides is 1. The lowest BCUT2D eigenvalue weighted by Gasteiger charge is -2.09. The van der Waals surface area contributed by atoms with Gasteiger partial charge in [0.25, 0.3) is 0 Å². The summed E-state index contributed by atoms with van der Waals surface area (Å²) in [7, 11) is 0. The number of carbonyl (C=O) groups excluding carboxylic acids is 1. The van der Waals surface area contributed by atoms with Crippen molar-refractivity contribution in [3.63, 3.8) is 0 Å². The molecule has 0 unspecified atom stereocenters. The van der Waals surface area contributed by atoms with Crippen molar-refractivity contribution in [3.8, 4) is 0 Å². The summed E-state index contributed by atoms with van der Waals surface area (Å²) in [4.78, 5) is 15.7. The van der Waals surface area contributed by atoms with Crippen molar-refractivity contribution >= 4 is 29.0 Å². The molecule has 0 amide bonds. The van der Waals surface area contributed by atoms with Crippen LogP contribution in [-0.4, -0.2) is 15.3 Å². The molecule has 3 nitrogen and oxygen atoms in total. The molecule has 0 saturated heterocycles. The number of ketones is 1. The summed E-state index contributed by atoms with van der Waals surface area (Å²) < 4.78 is 1.47. The molecular weight excluding hydrogens is 247 g/mol. The van der Waals surface area contributed by atoms with Crippen LogP contribution >= 0.6 is 23.2 Å². The number of rotatable bonds is 3. The fourth-order valence-corrected chi connectivity index (χ4v) is 1.70. The molecule has 0 N–H and O–H groups in total. The predicted molar refractivity (Wildman–Crippen MR) is 62.9 cm³/mol. The molecule has 82 valence electrons. The summed E-state index contributed by atoms with van der Waals surface area (Å²) in [6, 6.07) is 8.86. The zero-order chi connectivity index (χ0) is 11.5. The van der Waals surface area contributed by atoms with Crippen molar-refractivity contribution in [2.24, 2.45) is 0 Å². The molecule has 1 heterocycles. The number of aromatic nitrogens is 2. The smallest absolute Gasteiger partial charge is 0.200 e. The van der Waals surface area contributed by atoms with E-state index in [1.807, 2.05) is 6.07 Å². The summed E-state index contributed by atoms with van der Waals surface area (Å²) in [6.07, 6.45) is 2.95. The van der Waals surface area contributed by atoms with E-state index in [1.54, 1.807) is 24.3 Å². The summed E-state index contributed by atoms with van der Waals surface area (Å²) in [6.45, 7) is 0. The van der Waals surface area contributed by atoms with Gasteiger partial charge in [-0.25, -0.2) is 4.98 Å². The Bertz CT molecular complexity index is 496. The Balaban J connectivity index is 2.23. The lowest BCUT2D eigenvalue weighted by atomic mass is 10.1. The molecule has 1 aromatic carbocycles. The molecule has 0 aliphatic rings. The van der Waals surface area contributed by atoms with E-state index < -0.39 is 5.50 Å². The first-order valence-corrected chi connectivity index (χ1v) is 5.42. The summed E-state index contributed by atoms with van der Waals surface area (Å²) >= 11 is 11.7. The Morgan fingerprint density at radius 2 is 2.00 bits per heavy atom. The van der Waals surface area contributed by atoms with Gasteiger partial charge in [0.1, 0.15) is 5.15 Å². The third kappa shape index (κ3) is 2.26. The van der Waals surface area contributed by atoms with Crippen LogP contribution in [0.1, 0.15) is 15.9 Å². The highest BCUT2D eigenvalue weighted by Gasteiger charge is 2.18. The first-order valence-electron chi connectivity index (χ1n) is 4.61. The molecule has 16 heavy (non-hydrogen) atoms. The van der Waals surface area contributed by atoms with Crippen LogP contribution in [0.3, 0.4) is 0 Å². The number of hydrogen-bond donors (Lipinski definition) is 0. The average Bonchev–Trinajstić information content (AvgIpc) is 2.75. The van der Waals surface area contributed by atoms with Gasteiger partial charge in [0.2, 0.25) is 5.78 Å². The van der Waals surface area contributed by atoms with Crippen LogP contribution in [0.5, 0.6) is 0 Å². The highest BCUT2D eigenvalue weighted by atomic mass is 35.5. The van der Waals surface area contributed by atoms with Crippen molar-refractivity contribution in [2.45, 2.75) is 5.50 Å². The molecule has 0 spiro atoms. The third-order valence-electron chi connectivity index (χ3n) is 2.11. The van der Waals surface area contributed by atoms with Crippen LogP contribution in [0.15, 0.2) is 42.9 Å². The second-order valence-electron chi connectivity index (χ2n) is 3.21. The normalized spacial score (nSPS) is 12.4. The number of carbonyl (C=O) groups is 1. The maximum atomic E-state index is 11.9. The van der Waals surface area contributed by atoms with Gasteiger partial charge in [0.05, 0.1) is 6.33 Å². The SMILES string of the molecule is O=C(c1ccccc1)[C@@H](Cl)n1cnc(Cl)c1. The Labute approximate surface area is 103 Å². The van der Waals surface area contributed by atoms with E-state index >= 15 is 0 Å². The molecule has 2 rings (SSSR count). The fraction of sp³-hybridized carbons (Fsp3) is 0.0909. The molecular formula is C11H8Cl2N2O. The first-order chi connectivity index (χ1) is 7.68. The molecule has 1 atom stereocenters. The fourth-order valence-electron chi connectivity index (χ4n) is 1.31. The highest BCUT2D eigenvalue weighted by molar-refractivity contribution is 6.32. The Morgan fingerprint density at radius 1 is 1.31 bits per heavy atom. The van der Waals surface area contributed by atoms with Crippen LogP contribution in [0, 0.1) is 0 Å². The lowest BCUT2D eigenvalue weighted by molar-refractivity contribution is 0.0964. The van der Waals surface area contributed by atoms with E-state index in [4.69, 9.17) is 23.2 Å². The number of Topliss-reactive ketones (excluding diaryl/α,β-unsaturated/α-hetero) is 1. The number of imidazole rings is 1. The largest absolute Gasteiger partial charge is 0.312 e. The molecule has 2 aromatic rings. The van der Waals surface area contributed by atoms with E-state index in [-0.39, 0.29) is 5.78 Å². The number of hydrogen-bond acceptors (Lipinski definition) is 2. The van der Waals surface area contributed by atoms with Gasteiger partial charge < -0.3 is 4.57 Å². The van der Waals surface area contributed by atoms with Gasteiger partial charge in [0.15, 0.2) is 5.50 Å². The predicted octanol–water partition coefficient (Wildman–Crippen LogP) is 3.16. The quantitative estimate of drug-likeness (QED) is 0.623. The molecule has 0 bridgehead atoms. The topological polar surface area (TPSA) is 34.9 Å². The molecule has 0 aliphatic heterocycles. The molecule has 0 aliphatic carbocycles. The number of nitrogens with zero attached hydrogens (tertiary/aromatic N) is 2. The van der Waals surface area contributed by atoms with Crippen molar-refractivity contribution in [1.29, 1.82) is 0 Å². The van der Waals surface area contributed by atoms with Gasteiger partial charge in [-0.3, -0.25) is 4.79 Å². The Morgan fingerprint density at radius 3 is 2.56 bits per heavy atom. The van der Waals surface area contributed by atoms with E-state index in [0.29, 0.717) is 10.7 Å². The maximum absolute atomic E-state index is 11.9. The minimum absolute atomic E-state index is 0.184. The molecule has 0 radical (unpaired) electrons. The van der Waals surface area contributed by atoms with Crippen LogP contribution < -0.4 is 0 Å². The zero-order valence-electron chi connectivity index (χ0n) is 8.18. The second kappa shape index (κ2) is 4.68. The van der Waals surface area contributed by atoms with E-state index in [1.165, 1.54) is 17.1 Å². The highest BCUT2D eigenvalue weighted by Crippen LogP contribution is 2.20. The van der Waals surface area contributed by atoms with Gasteiger partial charge in [0, 0.05) is 11.8 Å². The Hall–Kier alpha value is -1.32. The van der Waals surface area contributed by atoms with Gasteiger partial charge in [-0.05, 0) is 0 Å². The standard InChI is InChI=1S/C11H8Cl2N2O/c12-9-6-15(7-14-9)11(13)10(16)8-4-2-1-3-5-8/h1-7,11H/t11-/m0/s1. The average molecular weight is 255 g/mol. The third-order valence-corrected chi connectivity index (χ3v) is 2.73. The monoisotopic (exact) mass is 254 g/mol. The first kappa shape index (κ1) is 11.2. The van der Waals surface area contributed by atoms with Crippen LogP contribution in [-0.2, 0) is 0 Å². The van der Waals surface area contributed by atoms with Crippen LogP contribution in [0.2, 0.25) is 5.15 Å². The minimum atomic E-state index is -0.817. The maximum Gasteiger partial charge on any atom is 0.200 e. The minimum Gasteiger partial charge on any atom is -0.312 e. The second-order valence-corrected chi connectivity index (χ2v) is 4.01. The molecule has 1 aromatic heterocycles. The molecule has 0 saturated carbocycles. The van der Waals surface area contributed by atoms with Crippen molar-refractivity contribution in [3.05, 3.63) is 53.6 Å². The van der Waals surface area contributed by atoms with Crippen molar-refractivity contribution < 1.29 is 4.79 Å². The van der Waals surface area contributed by atoms with E-state index in [2.05, 4.69) is 4.98 Å². The van der Waals surface area contributed by atoms with Crippen LogP contribution in [0.4, 0.5) is 0 Å². The Kier molecular flexibility index (Phi) is 3.27. The number of halogens is 2. The van der Waals surface area contributed by atoms with Crippen molar-refractivity contribution in [1.82, 2.24) is 9.55 Å². The van der Waals surface area contributed by atoms with Gasteiger partial charge in [-0.15, -0.1) is 0 Å². The number of benzene rings is 1. The lowest BCUT2D eigenvalue weighted by Crippen LogP contribution is -2.12. The van der Waals surface area contributed by atoms with E-state index in [9.17, 15) is 4.79 Å². The van der Waals surface area contributed by atoms with Gasteiger partial charge in [-0.2, -0.15) is 0 Å². The molecule has 0 fully saturated rings. The van der Waals surface area contributed by atoms with E-state index in [0.717, 1.165) is 0 Å². The van der Waals surface area contributed by atoms with Crippen molar-refractivity contribution in [2.75, 3.05) is 0 Å². The van der Waals surface area contributed by atoms with Gasteiger partial charge >= 0.3 is 0 Å². The van der Waals surface area contributed by atoms with Crippen LogP contribution in [0.25, 0.3) is 0 Å². The zero-order valence-corrected chi connectivity index (χ0v) is 9.69. The summed E-state index contributed by atoms with van der Waals surface area (Å²) in [5.41, 5.74) is -0.255. The summed E-state index contributed by atoms with van der Waals surface area (Å²) in [5.74, 6) is -0.184. The summed E-state index contributed by atoms with van der Waals surface area (Å²) in [5, 5.41) is 0.312. The molecule has 5 heteroatoms. The van der Waals surface area contributed by atoms with Gasteiger partial charge in [-0.1, -0.05) is 53.5 Å².